The molecule has 0 radical (unpaired) electrons. The van der Waals surface area contributed by atoms with Crippen molar-refractivity contribution >= 4 is 10.0 Å². The van der Waals surface area contributed by atoms with E-state index in [4.69, 9.17) is 5.11 Å². The number of aryl methyl sites for hydroxylation is 1. The van der Waals surface area contributed by atoms with Crippen LogP contribution in [0, 0.1) is 0 Å². The van der Waals surface area contributed by atoms with Crippen LogP contribution in [0.3, 0.4) is 0 Å². The summed E-state index contributed by atoms with van der Waals surface area (Å²) in [5.41, 5.74) is -0.839. The molecule has 0 aliphatic heterocycles. The second-order valence-corrected chi connectivity index (χ2v) is 5.71. The summed E-state index contributed by atoms with van der Waals surface area (Å²) >= 11 is 0. The van der Waals surface area contributed by atoms with Crippen molar-refractivity contribution in [2.45, 2.75) is 30.7 Å². The number of hydrogen-bond donors (Lipinski definition) is 2. The van der Waals surface area contributed by atoms with Crippen LogP contribution in [0.15, 0.2) is 17.3 Å². The first-order valence-corrected chi connectivity index (χ1v) is 6.45. The molecule has 6 nitrogen and oxygen atoms in total. The Balaban J connectivity index is 2.96. The lowest BCUT2D eigenvalue weighted by Gasteiger charge is -2.26. The van der Waals surface area contributed by atoms with Crippen LogP contribution in [0.25, 0.3) is 0 Å². The minimum atomic E-state index is -3.61. The summed E-state index contributed by atoms with van der Waals surface area (Å²) in [7, 11) is -1.97. The highest BCUT2D eigenvalue weighted by atomic mass is 32.2. The van der Waals surface area contributed by atoms with Gasteiger partial charge in [0.15, 0.2) is 0 Å². The van der Waals surface area contributed by atoms with E-state index in [1.165, 1.54) is 17.1 Å². The van der Waals surface area contributed by atoms with Gasteiger partial charge in [0.05, 0.1) is 18.3 Å². The zero-order chi connectivity index (χ0) is 12.4. The van der Waals surface area contributed by atoms with Gasteiger partial charge in [-0.3, -0.25) is 4.68 Å². The number of rotatable bonds is 5. The van der Waals surface area contributed by atoms with Crippen molar-refractivity contribution in [3.63, 3.8) is 0 Å². The maximum atomic E-state index is 11.9. The minimum Gasteiger partial charge on any atom is -0.394 e. The molecule has 0 fully saturated rings. The van der Waals surface area contributed by atoms with Gasteiger partial charge in [0.25, 0.3) is 0 Å². The van der Waals surface area contributed by atoms with E-state index in [-0.39, 0.29) is 11.5 Å². The van der Waals surface area contributed by atoms with E-state index in [2.05, 4.69) is 9.82 Å². The van der Waals surface area contributed by atoms with Crippen molar-refractivity contribution in [3.8, 4) is 0 Å². The van der Waals surface area contributed by atoms with Crippen molar-refractivity contribution in [2.24, 2.45) is 7.05 Å². The van der Waals surface area contributed by atoms with E-state index in [0.29, 0.717) is 6.42 Å². The van der Waals surface area contributed by atoms with Crippen LogP contribution in [-0.4, -0.2) is 35.5 Å². The first kappa shape index (κ1) is 13.1. The van der Waals surface area contributed by atoms with Crippen LogP contribution in [0.1, 0.15) is 20.3 Å². The number of aliphatic hydroxyl groups excluding tert-OH is 1. The highest BCUT2D eigenvalue weighted by molar-refractivity contribution is 7.89. The molecule has 16 heavy (non-hydrogen) atoms. The summed E-state index contributed by atoms with van der Waals surface area (Å²) in [5, 5.41) is 13.0. The standard InChI is InChI=1S/C9H17N3O3S/c1-4-9(2,7-13)11-16(14,15)8-5-10-12(3)6-8/h5-6,11,13H,4,7H2,1-3H3. The van der Waals surface area contributed by atoms with Crippen molar-refractivity contribution in [3.05, 3.63) is 12.4 Å². The number of sulfonamides is 1. The predicted octanol–water partition coefficient (Wildman–Crippen LogP) is -0.141. The fourth-order valence-electron chi connectivity index (χ4n) is 1.14. The number of nitrogens with zero attached hydrogens (tertiary/aromatic N) is 2. The van der Waals surface area contributed by atoms with E-state index >= 15 is 0 Å². The molecule has 0 spiro atoms. The van der Waals surface area contributed by atoms with Gasteiger partial charge in [-0.15, -0.1) is 0 Å². The Hall–Kier alpha value is -0.920. The van der Waals surface area contributed by atoms with Gasteiger partial charge in [0.2, 0.25) is 10.0 Å². The minimum absolute atomic E-state index is 0.100. The maximum absolute atomic E-state index is 11.9. The quantitative estimate of drug-likeness (QED) is 0.758. The predicted molar refractivity (Wildman–Crippen MR) is 59.3 cm³/mol. The molecule has 0 aromatic carbocycles. The van der Waals surface area contributed by atoms with E-state index in [1.807, 2.05) is 6.92 Å². The summed E-state index contributed by atoms with van der Waals surface area (Å²) < 4.78 is 27.7. The maximum Gasteiger partial charge on any atom is 0.244 e. The highest BCUT2D eigenvalue weighted by Gasteiger charge is 2.29. The van der Waals surface area contributed by atoms with E-state index in [0.717, 1.165) is 0 Å². The van der Waals surface area contributed by atoms with Gasteiger partial charge in [0.1, 0.15) is 4.90 Å². The summed E-state index contributed by atoms with van der Waals surface area (Å²) in [6.45, 7) is 3.21. The average Bonchev–Trinajstić information content (AvgIpc) is 2.65. The lowest BCUT2D eigenvalue weighted by atomic mass is 10.0. The fraction of sp³-hybridized carbons (Fsp3) is 0.667. The molecule has 92 valence electrons. The van der Waals surface area contributed by atoms with Gasteiger partial charge in [-0.2, -0.15) is 5.10 Å². The molecule has 1 atom stereocenters. The second-order valence-electron chi connectivity index (χ2n) is 4.03. The zero-order valence-electron chi connectivity index (χ0n) is 9.64. The fourth-order valence-corrected chi connectivity index (χ4v) is 2.59. The SMILES string of the molecule is CCC(C)(CO)NS(=O)(=O)c1cnn(C)c1. The van der Waals surface area contributed by atoms with E-state index in [9.17, 15) is 8.42 Å². The topological polar surface area (TPSA) is 84.2 Å². The summed E-state index contributed by atoms with van der Waals surface area (Å²) in [4.78, 5) is 0.100. The van der Waals surface area contributed by atoms with Gasteiger partial charge in [-0.25, -0.2) is 13.1 Å². The molecule has 0 saturated heterocycles. The molecule has 2 N–H and O–H groups in total. The molecule has 0 saturated carbocycles. The lowest BCUT2D eigenvalue weighted by Crippen LogP contribution is -2.48. The van der Waals surface area contributed by atoms with Gasteiger partial charge >= 0.3 is 0 Å². The van der Waals surface area contributed by atoms with Crippen LogP contribution < -0.4 is 4.72 Å². The molecular formula is C9H17N3O3S. The zero-order valence-corrected chi connectivity index (χ0v) is 10.5. The molecule has 1 heterocycles. The molecule has 0 amide bonds. The lowest BCUT2D eigenvalue weighted by molar-refractivity contribution is 0.191. The van der Waals surface area contributed by atoms with Gasteiger partial charge in [0, 0.05) is 13.2 Å². The summed E-state index contributed by atoms with van der Waals surface area (Å²) in [5.74, 6) is 0. The molecule has 1 unspecified atom stereocenters. The van der Waals surface area contributed by atoms with Crippen LogP contribution >= 0.6 is 0 Å². The first-order valence-electron chi connectivity index (χ1n) is 4.96. The Labute approximate surface area is 95.3 Å². The van der Waals surface area contributed by atoms with Crippen molar-refractivity contribution in [2.75, 3.05) is 6.61 Å². The van der Waals surface area contributed by atoms with E-state index in [1.54, 1.807) is 14.0 Å². The van der Waals surface area contributed by atoms with Crippen LogP contribution in [0.5, 0.6) is 0 Å². The number of nitrogens with one attached hydrogen (secondary N) is 1. The normalized spacial score (nSPS) is 16.0. The van der Waals surface area contributed by atoms with Gasteiger partial charge in [-0.1, -0.05) is 6.92 Å². The smallest absolute Gasteiger partial charge is 0.244 e. The number of aliphatic hydroxyl groups is 1. The third-order valence-corrected chi connectivity index (χ3v) is 4.09. The molecule has 0 aliphatic rings. The molecule has 0 aliphatic carbocycles. The molecule has 1 aromatic rings. The molecule has 7 heteroatoms. The van der Waals surface area contributed by atoms with Crippen LogP contribution in [0.4, 0.5) is 0 Å². The highest BCUT2D eigenvalue weighted by Crippen LogP contribution is 2.14. The number of aromatic nitrogens is 2. The van der Waals surface area contributed by atoms with Gasteiger partial charge < -0.3 is 5.11 Å². The van der Waals surface area contributed by atoms with E-state index < -0.39 is 15.6 Å². The largest absolute Gasteiger partial charge is 0.394 e. The monoisotopic (exact) mass is 247 g/mol. The Morgan fingerprint density at radius 3 is 2.62 bits per heavy atom. The molecule has 0 bridgehead atoms. The summed E-state index contributed by atoms with van der Waals surface area (Å²) in [6.07, 6.45) is 3.19. The van der Waals surface area contributed by atoms with Crippen molar-refractivity contribution < 1.29 is 13.5 Å². The number of hydrogen-bond acceptors (Lipinski definition) is 4. The second kappa shape index (κ2) is 4.52. The molecular weight excluding hydrogens is 230 g/mol. The Bertz CT molecular complexity index is 448. The third-order valence-electron chi connectivity index (χ3n) is 2.50. The van der Waals surface area contributed by atoms with Gasteiger partial charge in [-0.05, 0) is 13.3 Å². The van der Waals surface area contributed by atoms with Crippen LogP contribution in [0.2, 0.25) is 0 Å². The van der Waals surface area contributed by atoms with Crippen LogP contribution in [-0.2, 0) is 17.1 Å². The first-order chi connectivity index (χ1) is 7.33. The Morgan fingerprint density at radius 1 is 1.62 bits per heavy atom. The summed E-state index contributed by atoms with van der Waals surface area (Å²) in [6, 6.07) is 0. The Morgan fingerprint density at radius 2 is 2.25 bits per heavy atom. The Kier molecular flexibility index (Phi) is 3.72. The molecule has 1 aromatic heterocycles. The third kappa shape index (κ3) is 2.81. The van der Waals surface area contributed by atoms with Crippen molar-refractivity contribution in [1.82, 2.24) is 14.5 Å². The molecule has 1 rings (SSSR count). The average molecular weight is 247 g/mol. The van der Waals surface area contributed by atoms with Crippen molar-refractivity contribution in [1.29, 1.82) is 0 Å².